The van der Waals surface area contributed by atoms with Crippen molar-refractivity contribution in [3.8, 4) is 5.75 Å². The van der Waals surface area contributed by atoms with Gasteiger partial charge >= 0.3 is 5.69 Å². The molecule has 0 fully saturated rings. The fourth-order valence-corrected chi connectivity index (χ4v) is 1.25. The summed E-state index contributed by atoms with van der Waals surface area (Å²) in [4.78, 5) is 10.1. The Morgan fingerprint density at radius 3 is 2.77 bits per heavy atom. The Morgan fingerprint density at radius 2 is 2.23 bits per heavy atom. The molecule has 1 rings (SSSR count). The molecule has 0 atom stereocenters. The van der Waals surface area contributed by atoms with E-state index < -0.39 is 4.92 Å². The van der Waals surface area contributed by atoms with Crippen molar-refractivity contribution in [2.75, 3.05) is 6.26 Å². The van der Waals surface area contributed by atoms with Crippen molar-refractivity contribution < 1.29 is 9.11 Å². The van der Waals surface area contributed by atoms with Crippen LogP contribution in [0.5, 0.6) is 5.75 Å². The molecule has 0 spiro atoms. The van der Waals surface area contributed by atoms with Gasteiger partial charge < -0.3 is 4.18 Å². The van der Waals surface area contributed by atoms with Gasteiger partial charge in [-0.05, 0) is 18.6 Å². The summed E-state index contributed by atoms with van der Waals surface area (Å²) in [6, 6.07) is 4.87. The lowest BCUT2D eigenvalue weighted by Crippen LogP contribution is -1.92. The minimum Gasteiger partial charge on any atom is -0.419 e. The number of hydrogen-bond donors (Lipinski definition) is 0. The van der Waals surface area contributed by atoms with E-state index in [-0.39, 0.29) is 5.69 Å². The molecule has 13 heavy (non-hydrogen) atoms. The standard InChI is InChI=1S/C8H9NO3S/c1-6-3-4-8(12-13-2)7(5-6)9(10)11/h3-5H,1-2H3. The molecule has 0 saturated carbocycles. The SMILES string of the molecule is CSOc1ccc(C)cc1[N+](=O)[O-]. The highest BCUT2D eigenvalue weighted by atomic mass is 32.2. The summed E-state index contributed by atoms with van der Waals surface area (Å²) in [5.74, 6) is 0.295. The molecule has 0 N–H and O–H groups in total. The number of nitrogens with zero attached hydrogens (tertiary/aromatic N) is 1. The van der Waals surface area contributed by atoms with Gasteiger partial charge in [-0.25, -0.2) is 0 Å². The minimum absolute atomic E-state index is 0.00866. The molecule has 0 saturated heterocycles. The van der Waals surface area contributed by atoms with Gasteiger partial charge in [0.25, 0.3) is 0 Å². The Hall–Kier alpha value is -1.23. The summed E-state index contributed by atoms with van der Waals surface area (Å²) in [7, 11) is 0. The molecule has 0 radical (unpaired) electrons. The first-order chi connectivity index (χ1) is 6.15. The van der Waals surface area contributed by atoms with E-state index in [2.05, 4.69) is 0 Å². The lowest BCUT2D eigenvalue weighted by Gasteiger charge is -2.02. The lowest BCUT2D eigenvalue weighted by atomic mass is 10.2. The molecule has 0 aliphatic rings. The van der Waals surface area contributed by atoms with Crippen molar-refractivity contribution in [3.63, 3.8) is 0 Å². The third-order valence-electron chi connectivity index (χ3n) is 1.48. The van der Waals surface area contributed by atoms with Gasteiger partial charge in [-0.1, -0.05) is 6.07 Å². The molecule has 70 valence electrons. The first kappa shape index (κ1) is 9.85. The quantitative estimate of drug-likeness (QED) is 0.426. The van der Waals surface area contributed by atoms with Crippen LogP contribution >= 0.6 is 12.0 Å². The van der Waals surface area contributed by atoms with E-state index in [1.54, 1.807) is 25.3 Å². The molecule has 0 heterocycles. The molecule has 0 aromatic heterocycles. The van der Waals surface area contributed by atoms with Crippen molar-refractivity contribution in [3.05, 3.63) is 33.9 Å². The van der Waals surface area contributed by atoms with E-state index >= 15 is 0 Å². The molecule has 0 bridgehead atoms. The van der Waals surface area contributed by atoms with Crippen molar-refractivity contribution in [2.24, 2.45) is 0 Å². The maximum atomic E-state index is 10.6. The Labute approximate surface area is 80.3 Å². The Kier molecular flexibility index (Phi) is 3.13. The highest BCUT2D eigenvalue weighted by Gasteiger charge is 2.14. The van der Waals surface area contributed by atoms with E-state index in [1.807, 2.05) is 0 Å². The van der Waals surface area contributed by atoms with Crippen LogP contribution in [0.4, 0.5) is 5.69 Å². The van der Waals surface area contributed by atoms with E-state index in [0.29, 0.717) is 5.75 Å². The smallest absolute Gasteiger partial charge is 0.312 e. The maximum absolute atomic E-state index is 10.6. The van der Waals surface area contributed by atoms with E-state index in [4.69, 9.17) is 4.18 Å². The summed E-state index contributed by atoms with van der Waals surface area (Å²) in [5.41, 5.74) is 0.856. The van der Waals surface area contributed by atoms with Crippen LogP contribution < -0.4 is 4.18 Å². The number of hydrogen-bond acceptors (Lipinski definition) is 4. The molecular formula is C8H9NO3S. The summed E-state index contributed by atoms with van der Waals surface area (Å²) >= 11 is 1.09. The van der Waals surface area contributed by atoms with Crippen molar-refractivity contribution in [1.29, 1.82) is 0 Å². The second-order valence-electron chi connectivity index (χ2n) is 2.48. The molecular weight excluding hydrogens is 190 g/mol. The zero-order valence-corrected chi connectivity index (χ0v) is 8.13. The first-order valence-electron chi connectivity index (χ1n) is 3.61. The van der Waals surface area contributed by atoms with Gasteiger partial charge in [0.15, 0.2) is 0 Å². The van der Waals surface area contributed by atoms with Gasteiger partial charge in [0.05, 0.1) is 17.0 Å². The number of nitro benzene ring substituents is 1. The topological polar surface area (TPSA) is 52.4 Å². The normalized spacial score (nSPS) is 9.69. The predicted octanol–water partition coefficient (Wildman–Crippen LogP) is 2.56. The van der Waals surface area contributed by atoms with Crippen LogP contribution in [0.15, 0.2) is 18.2 Å². The van der Waals surface area contributed by atoms with Crippen LogP contribution in [0.25, 0.3) is 0 Å². The molecule has 4 nitrogen and oxygen atoms in total. The summed E-state index contributed by atoms with van der Waals surface area (Å²) in [6.45, 7) is 1.80. The molecule has 0 aliphatic carbocycles. The molecule has 0 aliphatic heterocycles. The number of nitro groups is 1. The third-order valence-corrected chi connectivity index (χ3v) is 1.83. The molecule has 1 aromatic rings. The highest BCUT2D eigenvalue weighted by molar-refractivity contribution is 7.94. The second-order valence-corrected chi connectivity index (χ2v) is 2.98. The Morgan fingerprint density at radius 1 is 1.54 bits per heavy atom. The molecule has 1 aromatic carbocycles. The first-order valence-corrected chi connectivity index (χ1v) is 4.76. The lowest BCUT2D eigenvalue weighted by molar-refractivity contribution is -0.385. The average Bonchev–Trinajstić information content (AvgIpc) is 2.08. The number of aryl methyl sites for hydroxylation is 1. The summed E-state index contributed by atoms with van der Waals surface area (Å²) < 4.78 is 5.03. The highest BCUT2D eigenvalue weighted by Crippen LogP contribution is 2.29. The zero-order valence-electron chi connectivity index (χ0n) is 7.31. The number of benzene rings is 1. The van der Waals surface area contributed by atoms with Crippen molar-refractivity contribution >= 4 is 17.7 Å². The van der Waals surface area contributed by atoms with E-state index in [0.717, 1.165) is 17.6 Å². The minimum atomic E-state index is -0.446. The Bertz CT molecular complexity index is 327. The van der Waals surface area contributed by atoms with Crippen LogP contribution in [0, 0.1) is 17.0 Å². The summed E-state index contributed by atoms with van der Waals surface area (Å²) in [6.07, 6.45) is 1.71. The van der Waals surface area contributed by atoms with Crippen LogP contribution in [-0.2, 0) is 0 Å². The summed E-state index contributed by atoms with van der Waals surface area (Å²) in [5, 5.41) is 10.6. The van der Waals surface area contributed by atoms with E-state index in [1.165, 1.54) is 6.07 Å². The Balaban J connectivity index is 3.10. The second kappa shape index (κ2) is 4.13. The van der Waals surface area contributed by atoms with Gasteiger partial charge in [0.1, 0.15) is 0 Å². The van der Waals surface area contributed by atoms with Gasteiger partial charge in [0, 0.05) is 12.3 Å². The zero-order chi connectivity index (χ0) is 9.84. The monoisotopic (exact) mass is 199 g/mol. The molecule has 5 heteroatoms. The predicted molar refractivity (Wildman–Crippen MR) is 52.0 cm³/mol. The van der Waals surface area contributed by atoms with Gasteiger partial charge in [-0.15, -0.1) is 0 Å². The number of rotatable bonds is 3. The fraction of sp³-hybridized carbons (Fsp3) is 0.250. The molecule has 0 amide bonds. The van der Waals surface area contributed by atoms with Crippen LogP contribution in [0.3, 0.4) is 0 Å². The largest absolute Gasteiger partial charge is 0.419 e. The fourth-order valence-electron chi connectivity index (χ4n) is 0.930. The van der Waals surface area contributed by atoms with Crippen molar-refractivity contribution in [1.82, 2.24) is 0 Å². The molecule has 0 unspecified atom stereocenters. The third kappa shape index (κ3) is 2.35. The van der Waals surface area contributed by atoms with Crippen LogP contribution in [0.1, 0.15) is 5.56 Å². The van der Waals surface area contributed by atoms with E-state index in [9.17, 15) is 10.1 Å². The maximum Gasteiger partial charge on any atom is 0.312 e. The van der Waals surface area contributed by atoms with Crippen LogP contribution in [0.2, 0.25) is 0 Å². The van der Waals surface area contributed by atoms with Crippen LogP contribution in [-0.4, -0.2) is 11.2 Å². The van der Waals surface area contributed by atoms with Gasteiger partial charge in [0.2, 0.25) is 5.75 Å². The average molecular weight is 199 g/mol. The van der Waals surface area contributed by atoms with Gasteiger partial charge in [-0.3, -0.25) is 10.1 Å². The van der Waals surface area contributed by atoms with Gasteiger partial charge in [-0.2, -0.15) is 0 Å². The van der Waals surface area contributed by atoms with Crippen molar-refractivity contribution in [2.45, 2.75) is 6.92 Å².